The first kappa shape index (κ1) is 20.1. The summed E-state index contributed by atoms with van der Waals surface area (Å²) in [6, 6.07) is 10.4. The Kier molecular flexibility index (Phi) is 6.81. The molecule has 0 radical (unpaired) electrons. The normalized spacial score (nSPS) is 14.4. The lowest BCUT2D eigenvalue weighted by Crippen LogP contribution is -2.49. The molecule has 0 spiro atoms. The number of para-hydroxylation sites is 1. The Morgan fingerprint density at radius 3 is 2.54 bits per heavy atom. The predicted molar refractivity (Wildman–Crippen MR) is 110 cm³/mol. The Morgan fingerprint density at radius 2 is 1.89 bits per heavy atom. The maximum Gasteiger partial charge on any atom is 0.255 e. The number of piperazine rings is 1. The monoisotopic (exact) mass is 385 g/mol. The van der Waals surface area contributed by atoms with E-state index >= 15 is 0 Å². The lowest BCUT2D eigenvalue weighted by Gasteiger charge is -2.36. The molecular formula is C21H28FN5O. The van der Waals surface area contributed by atoms with Crippen LogP contribution in [0.4, 0.5) is 15.9 Å². The molecule has 2 heterocycles. The van der Waals surface area contributed by atoms with Crippen molar-refractivity contribution in [1.82, 2.24) is 14.8 Å². The molecule has 28 heavy (non-hydrogen) atoms. The van der Waals surface area contributed by atoms with Crippen LogP contribution in [0.25, 0.3) is 0 Å². The number of benzene rings is 1. The van der Waals surface area contributed by atoms with Crippen LogP contribution in [0.15, 0.2) is 42.6 Å². The minimum atomic E-state index is -0.222. The molecule has 1 aliphatic rings. The van der Waals surface area contributed by atoms with Gasteiger partial charge >= 0.3 is 0 Å². The lowest BCUT2D eigenvalue weighted by atomic mass is 10.2. The van der Waals surface area contributed by atoms with Crippen LogP contribution in [-0.2, 0) is 0 Å². The summed E-state index contributed by atoms with van der Waals surface area (Å²) in [6.07, 6.45) is 2.65. The second kappa shape index (κ2) is 9.50. The smallest absolute Gasteiger partial charge is 0.255 e. The SMILES string of the molecule is CN(C)CCCNc1ccc(C(=O)N2CCN(c3ccccc3F)CC2)cn1. The summed E-state index contributed by atoms with van der Waals surface area (Å²) in [5.74, 6) is 0.527. The zero-order chi connectivity index (χ0) is 19.9. The Labute approximate surface area is 166 Å². The summed E-state index contributed by atoms with van der Waals surface area (Å²) < 4.78 is 13.9. The molecule has 6 nitrogen and oxygen atoms in total. The van der Waals surface area contributed by atoms with Gasteiger partial charge in [0, 0.05) is 38.9 Å². The number of nitrogens with one attached hydrogen (secondary N) is 1. The Morgan fingerprint density at radius 1 is 1.14 bits per heavy atom. The van der Waals surface area contributed by atoms with Gasteiger partial charge in [0.05, 0.1) is 11.3 Å². The second-order valence-electron chi connectivity index (χ2n) is 7.25. The molecular weight excluding hydrogens is 357 g/mol. The van der Waals surface area contributed by atoms with E-state index in [1.54, 1.807) is 23.2 Å². The highest BCUT2D eigenvalue weighted by atomic mass is 19.1. The van der Waals surface area contributed by atoms with E-state index in [4.69, 9.17) is 0 Å². The number of carbonyl (C=O) groups excluding carboxylic acids is 1. The fourth-order valence-corrected chi connectivity index (χ4v) is 3.28. The molecule has 3 rings (SSSR count). The van der Waals surface area contributed by atoms with Crippen LogP contribution in [0.5, 0.6) is 0 Å². The van der Waals surface area contributed by atoms with Crippen LogP contribution in [0, 0.1) is 5.82 Å². The number of carbonyl (C=O) groups is 1. The average Bonchev–Trinajstić information content (AvgIpc) is 2.71. The quantitative estimate of drug-likeness (QED) is 0.743. The van der Waals surface area contributed by atoms with Crippen LogP contribution in [-0.4, -0.2) is 74.1 Å². The van der Waals surface area contributed by atoms with Gasteiger partial charge in [-0.2, -0.15) is 0 Å². The molecule has 7 heteroatoms. The van der Waals surface area contributed by atoms with Gasteiger partial charge in [-0.3, -0.25) is 4.79 Å². The molecule has 1 fully saturated rings. The van der Waals surface area contributed by atoms with Crippen LogP contribution < -0.4 is 10.2 Å². The molecule has 150 valence electrons. The molecule has 0 saturated carbocycles. The van der Waals surface area contributed by atoms with Crippen LogP contribution >= 0.6 is 0 Å². The fourth-order valence-electron chi connectivity index (χ4n) is 3.28. The molecule has 1 aliphatic heterocycles. The van der Waals surface area contributed by atoms with Gasteiger partial charge in [0.15, 0.2) is 0 Å². The van der Waals surface area contributed by atoms with Gasteiger partial charge in [0.1, 0.15) is 11.6 Å². The van der Waals surface area contributed by atoms with Gasteiger partial charge in [-0.25, -0.2) is 9.37 Å². The highest BCUT2D eigenvalue weighted by Crippen LogP contribution is 2.20. The predicted octanol–water partition coefficient (Wildman–Crippen LogP) is 2.55. The number of amides is 1. The number of hydrogen-bond donors (Lipinski definition) is 1. The van der Waals surface area contributed by atoms with Crippen molar-refractivity contribution < 1.29 is 9.18 Å². The van der Waals surface area contributed by atoms with E-state index < -0.39 is 0 Å². The summed E-state index contributed by atoms with van der Waals surface area (Å²) in [6.45, 7) is 4.23. The van der Waals surface area contributed by atoms with Crippen molar-refractivity contribution in [3.63, 3.8) is 0 Å². The zero-order valence-electron chi connectivity index (χ0n) is 16.6. The largest absolute Gasteiger partial charge is 0.370 e. The summed E-state index contributed by atoms with van der Waals surface area (Å²) in [5.41, 5.74) is 1.18. The van der Waals surface area contributed by atoms with Crippen LogP contribution in [0.1, 0.15) is 16.8 Å². The van der Waals surface area contributed by atoms with Crippen molar-refractivity contribution in [2.24, 2.45) is 0 Å². The highest BCUT2D eigenvalue weighted by molar-refractivity contribution is 5.94. The van der Waals surface area contributed by atoms with Crippen LogP contribution in [0.2, 0.25) is 0 Å². The Bertz CT molecular complexity index is 773. The third kappa shape index (κ3) is 5.19. The summed E-state index contributed by atoms with van der Waals surface area (Å²) in [5, 5.41) is 3.27. The number of pyridine rings is 1. The maximum absolute atomic E-state index is 13.9. The van der Waals surface area contributed by atoms with E-state index in [1.165, 1.54) is 6.07 Å². The molecule has 0 aliphatic carbocycles. The van der Waals surface area contributed by atoms with Gasteiger partial charge in [-0.05, 0) is 51.3 Å². The highest BCUT2D eigenvalue weighted by Gasteiger charge is 2.23. The first-order chi connectivity index (χ1) is 13.5. The van der Waals surface area contributed by atoms with Gasteiger partial charge < -0.3 is 20.0 Å². The van der Waals surface area contributed by atoms with Crippen molar-refractivity contribution in [2.75, 3.05) is 63.6 Å². The minimum absolute atomic E-state index is 0.0279. The molecule has 2 aromatic rings. The number of anilines is 2. The summed E-state index contributed by atoms with van der Waals surface area (Å²) >= 11 is 0. The van der Waals surface area contributed by atoms with E-state index in [2.05, 4.69) is 29.3 Å². The number of rotatable bonds is 7. The standard InChI is InChI=1S/C21H28FN5O/c1-25(2)11-5-10-23-20-9-8-17(16-24-20)21(28)27-14-12-26(13-15-27)19-7-4-3-6-18(19)22/h3-4,6-9,16H,5,10-15H2,1-2H3,(H,23,24). The zero-order valence-corrected chi connectivity index (χ0v) is 16.6. The van der Waals surface area contributed by atoms with E-state index in [0.29, 0.717) is 37.4 Å². The molecule has 1 amide bonds. The van der Waals surface area contributed by atoms with Gasteiger partial charge in [0.25, 0.3) is 5.91 Å². The topological polar surface area (TPSA) is 51.7 Å². The molecule has 0 bridgehead atoms. The molecule has 0 atom stereocenters. The lowest BCUT2D eigenvalue weighted by molar-refractivity contribution is 0.0746. The molecule has 1 aromatic heterocycles. The third-order valence-corrected chi connectivity index (χ3v) is 4.86. The van der Waals surface area contributed by atoms with Gasteiger partial charge in [0.2, 0.25) is 0 Å². The first-order valence-corrected chi connectivity index (χ1v) is 9.68. The second-order valence-corrected chi connectivity index (χ2v) is 7.25. The first-order valence-electron chi connectivity index (χ1n) is 9.68. The molecule has 1 aromatic carbocycles. The van der Waals surface area contributed by atoms with E-state index in [-0.39, 0.29) is 11.7 Å². The number of halogens is 1. The Balaban J connectivity index is 1.50. The van der Waals surface area contributed by atoms with Crippen molar-refractivity contribution in [3.05, 3.63) is 54.0 Å². The number of nitrogens with zero attached hydrogens (tertiary/aromatic N) is 4. The Hall–Kier alpha value is -2.67. The fraction of sp³-hybridized carbons (Fsp3) is 0.429. The van der Waals surface area contributed by atoms with Crippen molar-refractivity contribution in [3.8, 4) is 0 Å². The maximum atomic E-state index is 13.9. The van der Waals surface area contributed by atoms with E-state index in [1.807, 2.05) is 23.1 Å². The molecule has 1 saturated heterocycles. The number of aromatic nitrogens is 1. The van der Waals surface area contributed by atoms with E-state index in [0.717, 1.165) is 25.3 Å². The average molecular weight is 385 g/mol. The van der Waals surface area contributed by atoms with Crippen molar-refractivity contribution in [2.45, 2.75) is 6.42 Å². The summed E-state index contributed by atoms with van der Waals surface area (Å²) in [4.78, 5) is 23.0. The van der Waals surface area contributed by atoms with Gasteiger partial charge in [-0.15, -0.1) is 0 Å². The third-order valence-electron chi connectivity index (χ3n) is 4.86. The van der Waals surface area contributed by atoms with Crippen molar-refractivity contribution >= 4 is 17.4 Å². The van der Waals surface area contributed by atoms with Crippen LogP contribution in [0.3, 0.4) is 0 Å². The van der Waals surface area contributed by atoms with Gasteiger partial charge in [-0.1, -0.05) is 12.1 Å². The van der Waals surface area contributed by atoms with Crippen molar-refractivity contribution in [1.29, 1.82) is 0 Å². The number of hydrogen-bond acceptors (Lipinski definition) is 5. The van der Waals surface area contributed by atoms with E-state index in [9.17, 15) is 9.18 Å². The summed E-state index contributed by atoms with van der Waals surface area (Å²) in [7, 11) is 4.10. The molecule has 1 N–H and O–H groups in total. The minimum Gasteiger partial charge on any atom is -0.370 e. The molecule has 0 unspecified atom stereocenters.